The number of aryl methyl sites for hydroxylation is 1. The van der Waals surface area contributed by atoms with Crippen LogP contribution in [0.2, 0.25) is 0 Å². The summed E-state index contributed by atoms with van der Waals surface area (Å²) in [5.74, 6) is 0.659. The van der Waals surface area contributed by atoms with Crippen molar-refractivity contribution in [3.8, 4) is 5.75 Å². The maximum atomic E-state index is 11.6. The van der Waals surface area contributed by atoms with Crippen molar-refractivity contribution >= 4 is 12.0 Å². The predicted molar refractivity (Wildman–Crippen MR) is 83.0 cm³/mol. The number of rotatable bonds is 6. The number of amides is 1. The van der Waals surface area contributed by atoms with Crippen LogP contribution >= 0.6 is 0 Å². The molecule has 4 nitrogen and oxygen atoms in total. The van der Waals surface area contributed by atoms with E-state index in [4.69, 9.17) is 4.74 Å². The number of carbonyl (C=O) groups is 1. The highest BCUT2D eigenvalue weighted by Gasteiger charge is 1.96. The van der Waals surface area contributed by atoms with Gasteiger partial charge in [-0.25, -0.2) is 0 Å². The molecule has 0 unspecified atom stereocenters. The molecular weight excluding hydrogens is 264 g/mol. The lowest BCUT2D eigenvalue weighted by Gasteiger charge is -2.06. The second kappa shape index (κ2) is 7.85. The first kappa shape index (κ1) is 14.8. The zero-order valence-electron chi connectivity index (χ0n) is 12.0. The molecule has 0 spiro atoms. The standard InChI is InChI=1S/C17H18N2O2/c1-14-4-7-16(8-5-14)21-12-11-19-17(20)9-6-15-3-2-10-18-13-15/h2-10,13H,11-12H2,1H3,(H,19,20)/b9-6+. The van der Waals surface area contributed by atoms with E-state index >= 15 is 0 Å². The number of hydrogen-bond acceptors (Lipinski definition) is 3. The largest absolute Gasteiger partial charge is 0.492 e. The molecule has 1 aromatic heterocycles. The molecule has 1 amide bonds. The fourth-order valence-corrected chi connectivity index (χ4v) is 1.68. The number of hydrogen-bond donors (Lipinski definition) is 1. The number of ether oxygens (including phenoxy) is 1. The Bertz CT molecular complexity index is 592. The van der Waals surface area contributed by atoms with Gasteiger partial charge in [0.15, 0.2) is 0 Å². The summed E-state index contributed by atoms with van der Waals surface area (Å²) in [6, 6.07) is 11.5. The second-order valence-electron chi connectivity index (χ2n) is 4.57. The van der Waals surface area contributed by atoms with Crippen molar-refractivity contribution < 1.29 is 9.53 Å². The molecule has 0 aliphatic heterocycles. The van der Waals surface area contributed by atoms with E-state index in [0.29, 0.717) is 13.2 Å². The Balaban J connectivity index is 1.67. The molecule has 0 radical (unpaired) electrons. The zero-order chi connectivity index (χ0) is 14.9. The second-order valence-corrected chi connectivity index (χ2v) is 4.57. The Morgan fingerprint density at radius 3 is 2.81 bits per heavy atom. The average Bonchev–Trinajstić information content (AvgIpc) is 2.52. The van der Waals surface area contributed by atoms with Crippen molar-refractivity contribution in [1.82, 2.24) is 10.3 Å². The topological polar surface area (TPSA) is 51.2 Å². The van der Waals surface area contributed by atoms with Crippen LogP contribution in [-0.4, -0.2) is 24.0 Å². The van der Waals surface area contributed by atoms with Gasteiger partial charge < -0.3 is 10.1 Å². The highest BCUT2D eigenvalue weighted by atomic mass is 16.5. The lowest BCUT2D eigenvalue weighted by atomic mass is 10.2. The normalized spacial score (nSPS) is 10.5. The number of benzene rings is 1. The smallest absolute Gasteiger partial charge is 0.244 e. The quantitative estimate of drug-likeness (QED) is 0.654. The maximum Gasteiger partial charge on any atom is 0.244 e. The summed E-state index contributed by atoms with van der Waals surface area (Å²) in [7, 11) is 0. The molecule has 0 bridgehead atoms. The summed E-state index contributed by atoms with van der Waals surface area (Å²) in [6.45, 7) is 2.93. The number of nitrogens with zero attached hydrogens (tertiary/aromatic N) is 1. The van der Waals surface area contributed by atoms with Crippen molar-refractivity contribution in [3.63, 3.8) is 0 Å². The van der Waals surface area contributed by atoms with E-state index in [0.717, 1.165) is 11.3 Å². The lowest BCUT2D eigenvalue weighted by molar-refractivity contribution is -0.116. The van der Waals surface area contributed by atoms with Crippen molar-refractivity contribution in [3.05, 3.63) is 66.0 Å². The summed E-state index contributed by atoms with van der Waals surface area (Å²) in [4.78, 5) is 15.6. The number of nitrogens with one attached hydrogen (secondary N) is 1. The van der Waals surface area contributed by atoms with Crippen LogP contribution in [0.3, 0.4) is 0 Å². The number of pyridine rings is 1. The number of aromatic nitrogens is 1. The minimum Gasteiger partial charge on any atom is -0.492 e. The maximum absolute atomic E-state index is 11.6. The molecule has 0 fully saturated rings. The molecule has 0 aliphatic rings. The van der Waals surface area contributed by atoms with Crippen molar-refractivity contribution in [2.75, 3.05) is 13.2 Å². The number of carbonyl (C=O) groups excluding carboxylic acids is 1. The summed E-state index contributed by atoms with van der Waals surface area (Å²) in [6.07, 6.45) is 6.61. The third kappa shape index (κ3) is 5.48. The highest BCUT2D eigenvalue weighted by molar-refractivity contribution is 5.91. The molecule has 2 rings (SSSR count). The summed E-state index contributed by atoms with van der Waals surface area (Å²) in [5.41, 5.74) is 2.08. The molecule has 21 heavy (non-hydrogen) atoms. The molecule has 2 aromatic rings. The molecule has 108 valence electrons. The molecule has 0 saturated carbocycles. The fourth-order valence-electron chi connectivity index (χ4n) is 1.68. The van der Waals surface area contributed by atoms with E-state index in [1.807, 2.05) is 43.3 Å². The van der Waals surface area contributed by atoms with E-state index in [-0.39, 0.29) is 5.91 Å². The van der Waals surface area contributed by atoms with E-state index in [9.17, 15) is 4.79 Å². The Labute approximate surface area is 124 Å². The average molecular weight is 282 g/mol. The molecule has 4 heteroatoms. The third-order valence-corrected chi connectivity index (χ3v) is 2.80. The monoisotopic (exact) mass is 282 g/mol. The van der Waals surface area contributed by atoms with Crippen LogP contribution in [0.15, 0.2) is 54.9 Å². The Morgan fingerprint density at radius 2 is 2.10 bits per heavy atom. The zero-order valence-corrected chi connectivity index (χ0v) is 12.0. The van der Waals surface area contributed by atoms with Gasteiger partial charge in [0.05, 0.1) is 6.54 Å². The molecule has 1 heterocycles. The summed E-state index contributed by atoms with van der Waals surface area (Å²) >= 11 is 0. The minimum absolute atomic E-state index is 0.147. The first-order valence-corrected chi connectivity index (χ1v) is 6.79. The van der Waals surface area contributed by atoms with Gasteiger partial charge in [-0.3, -0.25) is 9.78 Å². The van der Waals surface area contributed by atoms with Crippen LogP contribution in [0.5, 0.6) is 5.75 Å². The SMILES string of the molecule is Cc1ccc(OCCNC(=O)/C=C/c2cccnc2)cc1. The Hall–Kier alpha value is -2.62. The van der Waals surface area contributed by atoms with E-state index in [2.05, 4.69) is 10.3 Å². The molecule has 0 atom stereocenters. The lowest BCUT2D eigenvalue weighted by Crippen LogP contribution is -2.26. The Kier molecular flexibility index (Phi) is 5.52. The van der Waals surface area contributed by atoms with Crippen LogP contribution < -0.4 is 10.1 Å². The van der Waals surface area contributed by atoms with Gasteiger partial charge in [-0.15, -0.1) is 0 Å². The van der Waals surface area contributed by atoms with Gasteiger partial charge in [-0.05, 0) is 36.8 Å². The van der Waals surface area contributed by atoms with Crippen molar-refractivity contribution in [1.29, 1.82) is 0 Å². The van der Waals surface area contributed by atoms with Crippen LogP contribution in [-0.2, 0) is 4.79 Å². The van der Waals surface area contributed by atoms with Crippen molar-refractivity contribution in [2.24, 2.45) is 0 Å². The van der Waals surface area contributed by atoms with Gasteiger partial charge in [-0.1, -0.05) is 23.8 Å². The van der Waals surface area contributed by atoms with Gasteiger partial charge in [0.25, 0.3) is 0 Å². The molecule has 0 aliphatic carbocycles. The third-order valence-electron chi connectivity index (χ3n) is 2.80. The van der Waals surface area contributed by atoms with Gasteiger partial charge >= 0.3 is 0 Å². The van der Waals surface area contributed by atoms with Crippen molar-refractivity contribution in [2.45, 2.75) is 6.92 Å². The van der Waals surface area contributed by atoms with Gasteiger partial charge in [0, 0.05) is 18.5 Å². The van der Waals surface area contributed by atoms with E-state index in [1.165, 1.54) is 11.6 Å². The molecular formula is C17H18N2O2. The molecule has 0 saturated heterocycles. The first-order chi connectivity index (χ1) is 10.2. The Morgan fingerprint density at radius 1 is 1.29 bits per heavy atom. The highest BCUT2D eigenvalue weighted by Crippen LogP contribution is 2.10. The summed E-state index contributed by atoms with van der Waals surface area (Å²) < 4.78 is 5.53. The first-order valence-electron chi connectivity index (χ1n) is 6.79. The summed E-state index contributed by atoms with van der Waals surface area (Å²) in [5, 5.41) is 2.76. The minimum atomic E-state index is -0.147. The van der Waals surface area contributed by atoms with Crippen LogP contribution in [0.25, 0.3) is 6.08 Å². The van der Waals surface area contributed by atoms with E-state index in [1.54, 1.807) is 18.5 Å². The molecule has 1 N–H and O–H groups in total. The fraction of sp³-hybridized carbons (Fsp3) is 0.176. The predicted octanol–water partition coefficient (Wildman–Crippen LogP) is 2.60. The van der Waals surface area contributed by atoms with Gasteiger partial charge in [-0.2, -0.15) is 0 Å². The van der Waals surface area contributed by atoms with Crippen LogP contribution in [0.4, 0.5) is 0 Å². The van der Waals surface area contributed by atoms with Gasteiger partial charge in [0.2, 0.25) is 5.91 Å². The van der Waals surface area contributed by atoms with Crippen LogP contribution in [0.1, 0.15) is 11.1 Å². The molecule has 1 aromatic carbocycles. The van der Waals surface area contributed by atoms with Crippen LogP contribution in [0, 0.1) is 6.92 Å². The van der Waals surface area contributed by atoms with Gasteiger partial charge in [0.1, 0.15) is 12.4 Å². The van der Waals surface area contributed by atoms with E-state index < -0.39 is 0 Å².